The molecule has 0 aromatic heterocycles. The summed E-state index contributed by atoms with van der Waals surface area (Å²) >= 11 is 0. The van der Waals surface area contributed by atoms with Crippen molar-refractivity contribution < 1.29 is 14.6 Å². The molecule has 94 valence electrons. The minimum Gasteiger partial charge on any atom is -0.508 e. The van der Waals surface area contributed by atoms with Gasteiger partial charge in [-0.25, -0.2) is 0 Å². The van der Waals surface area contributed by atoms with Crippen LogP contribution in [0.4, 0.5) is 0 Å². The van der Waals surface area contributed by atoms with Crippen molar-refractivity contribution in [3.63, 3.8) is 0 Å². The van der Waals surface area contributed by atoms with E-state index in [2.05, 4.69) is 0 Å². The molecule has 1 fully saturated rings. The van der Waals surface area contributed by atoms with Gasteiger partial charge in [0.2, 0.25) is 0 Å². The van der Waals surface area contributed by atoms with Crippen LogP contribution < -0.4 is 9.47 Å². The van der Waals surface area contributed by atoms with Crippen molar-refractivity contribution in [3.05, 3.63) is 18.2 Å². The second-order valence-corrected chi connectivity index (χ2v) is 4.65. The minimum atomic E-state index is 0.212. The van der Waals surface area contributed by atoms with Crippen molar-refractivity contribution in [2.45, 2.75) is 32.1 Å². The average molecular weight is 236 g/mol. The van der Waals surface area contributed by atoms with Gasteiger partial charge in [-0.15, -0.1) is 0 Å². The van der Waals surface area contributed by atoms with E-state index >= 15 is 0 Å². The first-order valence-corrected chi connectivity index (χ1v) is 6.29. The van der Waals surface area contributed by atoms with Crippen molar-refractivity contribution in [3.8, 4) is 17.2 Å². The summed E-state index contributed by atoms with van der Waals surface area (Å²) in [5, 5.41) is 9.43. The standard InChI is InChI=1S/C14H20O3/c1-16-13-8-7-12(15)9-14(13)17-10-11-5-3-2-4-6-11/h7-9,11,15H,2-6,10H2,1H3. The number of aromatic hydroxyl groups is 1. The van der Waals surface area contributed by atoms with Crippen LogP contribution in [-0.2, 0) is 0 Å². The number of benzene rings is 1. The number of phenolic OH excluding ortho intramolecular Hbond substituents is 1. The summed E-state index contributed by atoms with van der Waals surface area (Å²) < 4.78 is 11.0. The van der Waals surface area contributed by atoms with Gasteiger partial charge >= 0.3 is 0 Å². The third kappa shape index (κ3) is 3.29. The summed E-state index contributed by atoms with van der Waals surface area (Å²) in [7, 11) is 1.61. The Kier molecular flexibility index (Phi) is 4.13. The van der Waals surface area contributed by atoms with E-state index in [1.807, 2.05) is 0 Å². The Morgan fingerprint density at radius 3 is 2.65 bits per heavy atom. The van der Waals surface area contributed by atoms with Gasteiger partial charge in [0.25, 0.3) is 0 Å². The molecule has 0 radical (unpaired) electrons. The number of hydrogen-bond acceptors (Lipinski definition) is 3. The van der Waals surface area contributed by atoms with E-state index in [0.717, 1.165) is 6.61 Å². The molecule has 0 atom stereocenters. The normalized spacial score (nSPS) is 16.8. The third-order valence-electron chi connectivity index (χ3n) is 3.35. The molecule has 1 aromatic rings. The first kappa shape index (κ1) is 12.1. The zero-order valence-corrected chi connectivity index (χ0v) is 10.3. The molecule has 1 N–H and O–H groups in total. The first-order valence-electron chi connectivity index (χ1n) is 6.29. The quantitative estimate of drug-likeness (QED) is 0.871. The van der Waals surface area contributed by atoms with Crippen LogP contribution in [0.25, 0.3) is 0 Å². The fourth-order valence-corrected chi connectivity index (χ4v) is 2.34. The van der Waals surface area contributed by atoms with E-state index in [9.17, 15) is 5.11 Å². The van der Waals surface area contributed by atoms with Crippen LogP contribution in [0.1, 0.15) is 32.1 Å². The third-order valence-corrected chi connectivity index (χ3v) is 3.35. The lowest BCUT2D eigenvalue weighted by molar-refractivity contribution is 0.202. The summed E-state index contributed by atoms with van der Waals surface area (Å²) in [6.07, 6.45) is 6.48. The summed E-state index contributed by atoms with van der Waals surface area (Å²) in [6.45, 7) is 0.722. The molecule has 0 aliphatic heterocycles. The molecule has 1 aliphatic rings. The fraction of sp³-hybridized carbons (Fsp3) is 0.571. The predicted octanol–water partition coefficient (Wildman–Crippen LogP) is 3.36. The first-order chi connectivity index (χ1) is 8.29. The van der Waals surface area contributed by atoms with E-state index in [0.29, 0.717) is 17.4 Å². The van der Waals surface area contributed by atoms with Gasteiger partial charge in [0.15, 0.2) is 11.5 Å². The molecule has 0 spiro atoms. The Morgan fingerprint density at radius 2 is 1.94 bits per heavy atom. The van der Waals surface area contributed by atoms with E-state index in [-0.39, 0.29) is 5.75 Å². The molecule has 1 aliphatic carbocycles. The van der Waals surface area contributed by atoms with Gasteiger partial charge in [-0.2, -0.15) is 0 Å². The predicted molar refractivity (Wildman–Crippen MR) is 66.7 cm³/mol. The van der Waals surface area contributed by atoms with Crippen LogP contribution in [0.3, 0.4) is 0 Å². The molecule has 1 saturated carbocycles. The molecule has 1 aromatic carbocycles. The maximum Gasteiger partial charge on any atom is 0.164 e. The Hall–Kier alpha value is -1.38. The number of rotatable bonds is 4. The summed E-state index contributed by atoms with van der Waals surface area (Å²) in [5.74, 6) is 2.18. The zero-order chi connectivity index (χ0) is 12.1. The Bertz CT molecular complexity index is 356. The smallest absolute Gasteiger partial charge is 0.164 e. The molecule has 0 heterocycles. The molecular weight excluding hydrogens is 216 g/mol. The van der Waals surface area contributed by atoms with Gasteiger partial charge in [-0.05, 0) is 30.9 Å². The Morgan fingerprint density at radius 1 is 1.18 bits per heavy atom. The van der Waals surface area contributed by atoms with Gasteiger partial charge in [0.1, 0.15) is 5.75 Å². The van der Waals surface area contributed by atoms with Gasteiger partial charge in [-0.3, -0.25) is 0 Å². The Labute approximate surface area is 102 Å². The van der Waals surface area contributed by atoms with Crippen molar-refractivity contribution in [2.24, 2.45) is 5.92 Å². The van der Waals surface area contributed by atoms with Crippen molar-refractivity contribution in [2.75, 3.05) is 13.7 Å². The van der Waals surface area contributed by atoms with Crippen molar-refractivity contribution in [1.82, 2.24) is 0 Å². The maximum atomic E-state index is 9.43. The lowest BCUT2D eigenvalue weighted by Gasteiger charge is -2.22. The van der Waals surface area contributed by atoms with E-state index < -0.39 is 0 Å². The second kappa shape index (κ2) is 5.80. The molecule has 3 heteroatoms. The highest BCUT2D eigenvalue weighted by atomic mass is 16.5. The summed E-state index contributed by atoms with van der Waals surface area (Å²) in [4.78, 5) is 0. The number of ether oxygens (including phenoxy) is 2. The summed E-state index contributed by atoms with van der Waals surface area (Å²) in [6, 6.07) is 4.94. The lowest BCUT2D eigenvalue weighted by Crippen LogP contribution is -2.15. The number of phenols is 1. The number of methoxy groups -OCH3 is 1. The highest BCUT2D eigenvalue weighted by Gasteiger charge is 2.15. The van der Waals surface area contributed by atoms with Crippen LogP contribution in [0.15, 0.2) is 18.2 Å². The molecule has 3 nitrogen and oxygen atoms in total. The molecule has 0 unspecified atom stereocenters. The van der Waals surface area contributed by atoms with Crippen LogP contribution in [0.2, 0.25) is 0 Å². The van der Waals surface area contributed by atoms with Gasteiger partial charge in [0, 0.05) is 6.07 Å². The van der Waals surface area contributed by atoms with Gasteiger partial charge < -0.3 is 14.6 Å². The second-order valence-electron chi connectivity index (χ2n) is 4.65. The number of hydrogen-bond donors (Lipinski definition) is 1. The molecular formula is C14H20O3. The van der Waals surface area contributed by atoms with E-state index in [1.54, 1.807) is 25.3 Å². The van der Waals surface area contributed by atoms with Crippen molar-refractivity contribution >= 4 is 0 Å². The largest absolute Gasteiger partial charge is 0.508 e. The summed E-state index contributed by atoms with van der Waals surface area (Å²) in [5.41, 5.74) is 0. The highest BCUT2D eigenvalue weighted by Crippen LogP contribution is 2.32. The monoisotopic (exact) mass is 236 g/mol. The fourth-order valence-electron chi connectivity index (χ4n) is 2.34. The van der Waals surface area contributed by atoms with E-state index in [4.69, 9.17) is 9.47 Å². The topological polar surface area (TPSA) is 38.7 Å². The van der Waals surface area contributed by atoms with Gasteiger partial charge in [0.05, 0.1) is 13.7 Å². The van der Waals surface area contributed by atoms with Crippen LogP contribution in [0, 0.1) is 5.92 Å². The average Bonchev–Trinajstić information content (AvgIpc) is 2.38. The van der Waals surface area contributed by atoms with Crippen LogP contribution in [-0.4, -0.2) is 18.8 Å². The highest BCUT2D eigenvalue weighted by molar-refractivity contribution is 5.44. The van der Waals surface area contributed by atoms with Crippen molar-refractivity contribution in [1.29, 1.82) is 0 Å². The molecule has 0 amide bonds. The molecule has 17 heavy (non-hydrogen) atoms. The molecule has 0 saturated heterocycles. The minimum absolute atomic E-state index is 0.212. The SMILES string of the molecule is COc1ccc(O)cc1OCC1CCCCC1. The van der Waals surface area contributed by atoms with Gasteiger partial charge in [-0.1, -0.05) is 19.3 Å². The Balaban J connectivity index is 1.95. The maximum absolute atomic E-state index is 9.43. The van der Waals surface area contributed by atoms with E-state index in [1.165, 1.54) is 32.1 Å². The lowest BCUT2D eigenvalue weighted by atomic mass is 9.90. The molecule has 2 rings (SSSR count). The molecule has 0 bridgehead atoms. The van der Waals surface area contributed by atoms with Crippen LogP contribution in [0.5, 0.6) is 17.2 Å². The zero-order valence-electron chi connectivity index (χ0n) is 10.3. The van der Waals surface area contributed by atoms with Crippen LogP contribution >= 0.6 is 0 Å².